The van der Waals surface area contributed by atoms with E-state index >= 15 is 0 Å². The van der Waals surface area contributed by atoms with Crippen molar-refractivity contribution in [3.05, 3.63) is 0 Å². The molecule has 0 atom stereocenters. The van der Waals surface area contributed by atoms with Crippen molar-refractivity contribution < 1.29 is 9.59 Å². The average Bonchev–Trinajstić information content (AvgIpc) is 2.08. The molecule has 2 amide bonds. The van der Waals surface area contributed by atoms with E-state index in [4.69, 9.17) is 11.5 Å². The third kappa shape index (κ3) is 19.1. The fraction of sp³-hybridized carbons (Fsp3) is 0.800. The molecular formula is C10H22Cl2N2O2. The van der Waals surface area contributed by atoms with Crippen molar-refractivity contribution in [3.8, 4) is 0 Å². The van der Waals surface area contributed by atoms with Gasteiger partial charge in [0.05, 0.1) is 0 Å². The van der Waals surface area contributed by atoms with Gasteiger partial charge >= 0.3 is 0 Å². The Labute approximate surface area is 109 Å². The number of unbranched alkanes of at least 4 members (excludes halogenated alkanes) is 5. The SMILES string of the molecule is Cl.Cl.NC(=O)CCCCCCCCC(N)=O. The summed E-state index contributed by atoms with van der Waals surface area (Å²) in [6, 6.07) is 0. The first kappa shape index (κ1) is 20.9. The molecule has 16 heavy (non-hydrogen) atoms. The number of rotatable bonds is 9. The Morgan fingerprint density at radius 1 is 0.625 bits per heavy atom. The van der Waals surface area contributed by atoms with Gasteiger partial charge in [0.2, 0.25) is 11.8 Å². The normalized spacial score (nSPS) is 8.75. The summed E-state index contributed by atoms with van der Waals surface area (Å²) >= 11 is 0. The lowest BCUT2D eigenvalue weighted by Crippen LogP contribution is -2.09. The Balaban J connectivity index is -0.000000845. The van der Waals surface area contributed by atoms with Crippen LogP contribution in [0.5, 0.6) is 0 Å². The molecule has 0 rings (SSSR count). The highest BCUT2D eigenvalue weighted by Gasteiger charge is 1.96. The van der Waals surface area contributed by atoms with Crippen molar-refractivity contribution in [3.63, 3.8) is 0 Å². The molecule has 0 spiro atoms. The van der Waals surface area contributed by atoms with E-state index in [1.54, 1.807) is 0 Å². The summed E-state index contributed by atoms with van der Waals surface area (Å²) in [5.74, 6) is -0.447. The fourth-order valence-electron chi connectivity index (χ4n) is 1.31. The molecule has 0 aromatic carbocycles. The monoisotopic (exact) mass is 272 g/mol. The van der Waals surface area contributed by atoms with Crippen molar-refractivity contribution in [1.82, 2.24) is 0 Å². The molecule has 0 aromatic rings. The molecule has 0 aliphatic heterocycles. The highest BCUT2D eigenvalue weighted by atomic mass is 35.5. The van der Waals surface area contributed by atoms with Gasteiger partial charge in [-0.2, -0.15) is 0 Å². The molecule has 0 bridgehead atoms. The van der Waals surface area contributed by atoms with Crippen molar-refractivity contribution in [2.24, 2.45) is 11.5 Å². The first-order valence-corrected chi connectivity index (χ1v) is 5.19. The minimum absolute atomic E-state index is 0. The van der Waals surface area contributed by atoms with Gasteiger partial charge in [0.1, 0.15) is 0 Å². The maximum absolute atomic E-state index is 10.4. The van der Waals surface area contributed by atoms with E-state index in [0.717, 1.165) is 38.5 Å². The van der Waals surface area contributed by atoms with Gasteiger partial charge in [-0.05, 0) is 12.8 Å². The maximum atomic E-state index is 10.4. The Hall–Kier alpha value is -0.480. The smallest absolute Gasteiger partial charge is 0.217 e. The van der Waals surface area contributed by atoms with E-state index < -0.39 is 0 Å². The molecule has 4 nitrogen and oxygen atoms in total. The van der Waals surface area contributed by atoms with E-state index in [0.29, 0.717) is 12.8 Å². The van der Waals surface area contributed by atoms with E-state index in [2.05, 4.69) is 0 Å². The predicted octanol–water partition coefficient (Wildman–Crippen LogP) is 1.92. The van der Waals surface area contributed by atoms with Gasteiger partial charge < -0.3 is 11.5 Å². The Kier molecular flexibility index (Phi) is 18.9. The van der Waals surface area contributed by atoms with Gasteiger partial charge in [-0.15, -0.1) is 24.8 Å². The molecule has 0 aliphatic carbocycles. The first-order chi connectivity index (χ1) is 6.63. The van der Waals surface area contributed by atoms with Crippen LogP contribution in [0.1, 0.15) is 51.4 Å². The maximum Gasteiger partial charge on any atom is 0.217 e. The van der Waals surface area contributed by atoms with Crippen LogP contribution in [0.4, 0.5) is 0 Å². The summed E-state index contributed by atoms with van der Waals surface area (Å²) in [4.78, 5) is 20.8. The van der Waals surface area contributed by atoms with Gasteiger partial charge in [0.15, 0.2) is 0 Å². The summed E-state index contributed by atoms with van der Waals surface area (Å²) < 4.78 is 0. The van der Waals surface area contributed by atoms with Crippen molar-refractivity contribution in [1.29, 1.82) is 0 Å². The van der Waals surface area contributed by atoms with E-state index in [-0.39, 0.29) is 36.6 Å². The number of primary amides is 2. The van der Waals surface area contributed by atoms with Crippen LogP contribution >= 0.6 is 24.8 Å². The number of hydrogen-bond donors (Lipinski definition) is 2. The minimum Gasteiger partial charge on any atom is -0.370 e. The summed E-state index contributed by atoms with van der Waals surface area (Å²) in [5.41, 5.74) is 10.00. The zero-order chi connectivity index (χ0) is 10.8. The van der Waals surface area contributed by atoms with Gasteiger partial charge in [-0.3, -0.25) is 9.59 Å². The molecule has 4 N–H and O–H groups in total. The molecule has 0 saturated heterocycles. The third-order valence-corrected chi connectivity index (χ3v) is 2.10. The topological polar surface area (TPSA) is 86.2 Å². The quantitative estimate of drug-likeness (QED) is 0.629. The van der Waals surface area contributed by atoms with Crippen LogP contribution in [0.15, 0.2) is 0 Å². The summed E-state index contributed by atoms with van der Waals surface area (Å²) in [6.07, 6.45) is 7.02. The number of nitrogens with two attached hydrogens (primary N) is 2. The fourth-order valence-corrected chi connectivity index (χ4v) is 1.31. The molecule has 6 heteroatoms. The lowest BCUT2D eigenvalue weighted by atomic mass is 10.1. The summed E-state index contributed by atoms with van der Waals surface area (Å²) in [7, 11) is 0. The van der Waals surface area contributed by atoms with Crippen LogP contribution in [-0.4, -0.2) is 11.8 Å². The van der Waals surface area contributed by atoms with E-state index in [1.807, 2.05) is 0 Å². The Morgan fingerprint density at radius 3 is 1.12 bits per heavy atom. The molecular weight excluding hydrogens is 251 g/mol. The zero-order valence-corrected chi connectivity index (χ0v) is 11.1. The summed E-state index contributed by atoms with van der Waals surface area (Å²) in [6.45, 7) is 0. The standard InChI is InChI=1S/C10H20N2O2.2ClH/c11-9(13)7-5-3-1-2-4-6-8-10(12)14;;/h1-8H2,(H2,11,13)(H2,12,14);2*1H. The van der Waals surface area contributed by atoms with Gasteiger partial charge in [0, 0.05) is 12.8 Å². The van der Waals surface area contributed by atoms with Crippen LogP contribution in [0.25, 0.3) is 0 Å². The number of hydrogen-bond acceptors (Lipinski definition) is 2. The number of amides is 2. The van der Waals surface area contributed by atoms with Gasteiger partial charge in [-0.1, -0.05) is 25.7 Å². The molecule has 0 aliphatic rings. The number of halogens is 2. The Bertz CT molecular complexity index is 170. The largest absolute Gasteiger partial charge is 0.370 e. The molecule has 0 aromatic heterocycles. The minimum atomic E-state index is -0.223. The van der Waals surface area contributed by atoms with Gasteiger partial charge in [0.25, 0.3) is 0 Å². The highest BCUT2D eigenvalue weighted by molar-refractivity contribution is 5.85. The molecule has 0 heterocycles. The van der Waals surface area contributed by atoms with Crippen LogP contribution < -0.4 is 11.5 Å². The summed E-state index contributed by atoms with van der Waals surface area (Å²) in [5, 5.41) is 0. The van der Waals surface area contributed by atoms with Gasteiger partial charge in [-0.25, -0.2) is 0 Å². The van der Waals surface area contributed by atoms with Crippen LogP contribution in [0, 0.1) is 0 Å². The number of carbonyl (C=O) groups is 2. The molecule has 0 radical (unpaired) electrons. The van der Waals surface area contributed by atoms with Crippen LogP contribution in [0.2, 0.25) is 0 Å². The Morgan fingerprint density at radius 2 is 0.875 bits per heavy atom. The van der Waals surface area contributed by atoms with Crippen molar-refractivity contribution in [2.45, 2.75) is 51.4 Å². The van der Waals surface area contributed by atoms with E-state index in [1.165, 1.54) is 0 Å². The van der Waals surface area contributed by atoms with Crippen LogP contribution in [-0.2, 0) is 9.59 Å². The third-order valence-electron chi connectivity index (χ3n) is 2.10. The molecule has 0 unspecified atom stereocenters. The second kappa shape index (κ2) is 14.5. The van der Waals surface area contributed by atoms with Crippen molar-refractivity contribution in [2.75, 3.05) is 0 Å². The second-order valence-electron chi connectivity index (χ2n) is 3.55. The van der Waals surface area contributed by atoms with Crippen molar-refractivity contribution >= 4 is 36.6 Å². The average molecular weight is 273 g/mol. The highest BCUT2D eigenvalue weighted by Crippen LogP contribution is 2.07. The lowest BCUT2D eigenvalue weighted by molar-refractivity contribution is -0.119. The second-order valence-corrected chi connectivity index (χ2v) is 3.55. The number of carbonyl (C=O) groups excluding carboxylic acids is 2. The molecule has 0 fully saturated rings. The van der Waals surface area contributed by atoms with E-state index in [9.17, 15) is 9.59 Å². The molecule has 0 saturated carbocycles. The van der Waals surface area contributed by atoms with Crippen LogP contribution in [0.3, 0.4) is 0 Å². The zero-order valence-electron chi connectivity index (χ0n) is 9.44. The molecule has 98 valence electrons. The predicted molar refractivity (Wildman–Crippen MR) is 69.8 cm³/mol. The lowest BCUT2D eigenvalue weighted by Gasteiger charge is -1.99. The first-order valence-electron chi connectivity index (χ1n) is 5.19.